The quantitative estimate of drug-likeness (QED) is 0.599. The lowest BCUT2D eigenvalue weighted by molar-refractivity contribution is -0.132. The Bertz CT molecular complexity index is 540. The molecule has 4 heteroatoms. The van der Waals surface area contributed by atoms with Gasteiger partial charge in [-0.3, -0.25) is 0 Å². The van der Waals surface area contributed by atoms with Gasteiger partial charge in [-0.25, -0.2) is 4.79 Å². The second-order valence-corrected chi connectivity index (χ2v) is 4.01. The highest BCUT2D eigenvalue weighted by molar-refractivity contribution is 6.30. The first kappa shape index (κ1) is 10.7. The summed E-state index contributed by atoms with van der Waals surface area (Å²) >= 11 is 5.86. The van der Waals surface area contributed by atoms with Crippen molar-refractivity contribution in [3.05, 3.63) is 39.9 Å². The minimum atomic E-state index is -1.18. The minimum Gasteiger partial charge on any atom is -0.477 e. The summed E-state index contributed by atoms with van der Waals surface area (Å²) in [6.07, 6.45) is 1.35. The average molecular weight is 234 g/mol. The molecule has 16 heavy (non-hydrogen) atoms. The summed E-state index contributed by atoms with van der Waals surface area (Å²) in [5.41, 5.74) is 2.26. The summed E-state index contributed by atoms with van der Waals surface area (Å²) in [7, 11) is 0. The molecule has 1 aliphatic rings. The Morgan fingerprint density at radius 1 is 1.44 bits per heavy atom. The average Bonchev–Trinajstić information content (AvgIpc) is 2.62. The van der Waals surface area contributed by atoms with Gasteiger partial charge in [0.15, 0.2) is 0 Å². The Kier molecular flexibility index (Phi) is 2.67. The normalized spacial score (nSPS) is 16.5. The molecular formula is C12H8ClNO2. The summed E-state index contributed by atoms with van der Waals surface area (Å²) in [4.78, 5) is 10.9. The topological polar surface area (TPSA) is 61.1 Å². The standard InChI is InChI=1S/C12H8ClNO2/c13-8-3-1-7-2-4-9(10(7)5-8)11(6-14)12(15)16/h1,3,5H,2,4H2,(H,15,16)/b11-9-. The van der Waals surface area contributed by atoms with Crippen LogP contribution in [0.5, 0.6) is 0 Å². The molecule has 1 aromatic carbocycles. The second kappa shape index (κ2) is 3.99. The highest BCUT2D eigenvalue weighted by Gasteiger charge is 2.23. The fourth-order valence-corrected chi connectivity index (χ4v) is 2.12. The van der Waals surface area contributed by atoms with Crippen molar-refractivity contribution in [3.8, 4) is 6.07 Å². The first-order valence-corrected chi connectivity index (χ1v) is 5.16. The minimum absolute atomic E-state index is 0.180. The molecule has 0 aliphatic heterocycles. The molecule has 0 fully saturated rings. The fourth-order valence-electron chi connectivity index (χ4n) is 1.95. The fraction of sp³-hybridized carbons (Fsp3) is 0.167. The number of fused-ring (bicyclic) bond motifs is 1. The zero-order chi connectivity index (χ0) is 11.7. The Labute approximate surface area is 97.6 Å². The van der Waals surface area contributed by atoms with E-state index in [4.69, 9.17) is 22.0 Å². The lowest BCUT2D eigenvalue weighted by Crippen LogP contribution is -2.01. The number of carboxylic acids is 1. The van der Waals surface area contributed by atoms with Crippen molar-refractivity contribution < 1.29 is 9.90 Å². The van der Waals surface area contributed by atoms with Crippen LogP contribution in [0.3, 0.4) is 0 Å². The van der Waals surface area contributed by atoms with Crippen LogP contribution in [0.4, 0.5) is 0 Å². The van der Waals surface area contributed by atoms with Gasteiger partial charge in [-0.15, -0.1) is 0 Å². The third-order valence-electron chi connectivity index (χ3n) is 2.67. The molecule has 0 saturated heterocycles. The Balaban J connectivity index is 2.63. The van der Waals surface area contributed by atoms with E-state index in [0.29, 0.717) is 17.0 Å². The van der Waals surface area contributed by atoms with Gasteiger partial charge in [0.2, 0.25) is 0 Å². The zero-order valence-corrected chi connectivity index (χ0v) is 9.08. The monoisotopic (exact) mass is 233 g/mol. The van der Waals surface area contributed by atoms with Gasteiger partial charge in [0.05, 0.1) is 0 Å². The van der Waals surface area contributed by atoms with Crippen LogP contribution in [0.2, 0.25) is 5.02 Å². The molecule has 0 heterocycles. The smallest absolute Gasteiger partial charge is 0.346 e. The van der Waals surface area contributed by atoms with Crippen molar-refractivity contribution in [2.24, 2.45) is 0 Å². The van der Waals surface area contributed by atoms with Crippen LogP contribution >= 0.6 is 11.6 Å². The molecule has 0 bridgehead atoms. The molecule has 0 radical (unpaired) electrons. The van der Waals surface area contributed by atoms with Gasteiger partial charge in [0.1, 0.15) is 11.6 Å². The molecular weight excluding hydrogens is 226 g/mol. The number of aryl methyl sites for hydroxylation is 1. The number of carboxylic acid groups (broad SMARTS) is 1. The van der Waals surface area contributed by atoms with Gasteiger partial charge in [-0.2, -0.15) is 5.26 Å². The van der Waals surface area contributed by atoms with E-state index in [1.54, 1.807) is 18.2 Å². The number of benzene rings is 1. The molecule has 1 N–H and O–H groups in total. The maximum atomic E-state index is 10.9. The molecule has 0 spiro atoms. The SMILES string of the molecule is N#C/C(C(=O)O)=C1\CCc2ccc(Cl)cc21. The van der Waals surface area contributed by atoms with Gasteiger partial charge < -0.3 is 5.11 Å². The number of nitrogens with zero attached hydrogens (tertiary/aromatic N) is 1. The molecule has 0 amide bonds. The van der Waals surface area contributed by atoms with Gasteiger partial charge in [0, 0.05) is 5.02 Å². The van der Waals surface area contributed by atoms with Crippen molar-refractivity contribution in [3.63, 3.8) is 0 Å². The van der Waals surface area contributed by atoms with Gasteiger partial charge in [-0.1, -0.05) is 17.7 Å². The predicted octanol–water partition coefficient (Wildman–Crippen LogP) is 2.65. The van der Waals surface area contributed by atoms with Crippen LogP contribution in [0.1, 0.15) is 17.5 Å². The molecule has 0 aromatic heterocycles. The first-order valence-electron chi connectivity index (χ1n) is 4.79. The van der Waals surface area contributed by atoms with Gasteiger partial charge in [0.25, 0.3) is 0 Å². The molecule has 0 atom stereocenters. The van der Waals surface area contributed by atoms with Crippen molar-refractivity contribution >= 4 is 23.1 Å². The molecule has 1 aromatic rings. The first-order chi connectivity index (χ1) is 7.63. The number of aliphatic carboxylic acids is 1. The zero-order valence-electron chi connectivity index (χ0n) is 8.33. The van der Waals surface area contributed by atoms with Crippen LogP contribution in [0, 0.1) is 11.3 Å². The maximum Gasteiger partial charge on any atom is 0.346 e. The lowest BCUT2D eigenvalue weighted by Gasteiger charge is -2.02. The molecule has 80 valence electrons. The maximum absolute atomic E-state index is 10.9. The number of hydrogen-bond acceptors (Lipinski definition) is 2. The van der Waals surface area contributed by atoms with E-state index in [1.165, 1.54) is 0 Å². The molecule has 0 unspecified atom stereocenters. The van der Waals surface area contributed by atoms with Crippen LogP contribution in [-0.2, 0) is 11.2 Å². The molecule has 2 rings (SSSR count). The molecule has 0 saturated carbocycles. The number of carbonyl (C=O) groups is 1. The largest absolute Gasteiger partial charge is 0.477 e. The summed E-state index contributed by atoms with van der Waals surface area (Å²) in [5, 5.41) is 18.3. The number of nitriles is 1. The summed E-state index contributed by atoms with van der Waals surface area (Å²) in [5.74, 6) is -1.18. The lowest BCUT2D eigenvalue weighted by atomic mass is 10.0. The van der Waals surface area contributed by atoms with Crippen LogP contribution < -0.4 is 0 Å². The summed E-state index contributed by atoms with van der Waals surface area (Å²) in [6, 6.07) is 7.11. The van der Waals surface area contributed by atoms with Crippen molar-refractivity contribution in [2.75, 3.05) is 0 Å². The van der Waals surface area contributed by atoms with Crippen molar-refractivity contribution in [2.45, 2.75) is 12.8 Å². The van der Waals surface area contributed by atoms with E-state index >= 15 is 0 Å². The van der Waals surface area contributed by atoms with E-state index in [9.17, 15) is 4.79 Å². The Morgan fingerprint density at radius 2 is 2.19 bits per heavy atom. The van der Waals surface area contributed by atoms with Crippen molar-refractivity contribution in [1.29, 1.82) is 5.26 Å². The highest BCUT2D eigenvalue weighted by Crippen LogP contribution is 2.35. The van der Waals surface area contributed by atoms with E-state index in [0.717, 1.165) is 17.5 Å². The van der Waals surface area contributed by atoms with Crippen LogP contribution in [-0.4, -0.2) is 11.1 Å². The second-order valence-electron chi connectivity index (χ2n) is 3.57. The number of halogens is 1. The van der Waals surface area contributed by atoms with Crippen molar-refractivity contribution in [1.82, 2.24) is 0 Å². The number of hydrogen-bond donors (Lipinski definition) is 1. The van der Waals surface area contributed by atoms with E-state index in [1.807, 2.05) is 6.07 Å². The molecule has 1 aliphatic carbocycles. The Hall–Kier alpha value is -1.79. The Morgan fingerprint density at radius 3 is 2.81 bits per heavy atom. The third kappa shape index (κ3) is 1.68. The van der Waals surface area contributed by atoms with Gasteiger partial charge >= 0.3 is 5.97 Å². The molecule has 3 nitrogen and oxygen atoms in total. The third-order valence-corrected chi connectivity index (χ3v) is 2.90. The highest BCUT2D eigenvalue weighted by atomic mass is 35.5. The van der Waals surface area contributed by atoms with Crippen LogP contribution in [0.15, 0.2) is 23.8 Å². The number of rotatable bonds is 1. The van der Waals surface area contributed by atoms with E-state index in [2.05, 4.69) is 0 Å². The summed E-state index contributed by atoms with van der Waals surface area (Å²) in [6.45, 7) is 0. The van der Waals surface area contributed by atoms with E-state index < -0.39 is 5.97 Å². The van der Waals surface area contributed by atoms with E-state index in [-0.39, 0.29) is 5.57 Å². The van der Waals surface area contributed by atoms with Gasteiger partial charge in [-0.05, 0) is 41.7 Å². The summed E-state index contributed by atoms with van der Waals surface area (Å²) < 4.78 is 0. The van der Waals surface area contributed by atoms with Crippen LogP contribution in [0.25, 0.3) is 5.57 Å². The predicted molar refractivity (Wildman–Crippen MR) is 59.9 cm³/mol. The number of allylic oxidation sites excluding steroid dienone is 1.